The van der Waals surface area contributed by atoms with Crippen LogP contribution < -0.4 is 11.2 Å². The summed E-state index contributed by atoms with van der Waals surface area (Å²) in [5, 5.41) is 7.88. The molecule has 0 atom stereocenters. The zero-order valence-corrected chi connectivity index (χ0v) is 18.1. The molecule has 0 aliphatic carbocycles. The van der Waals surface area contributed by atoms with Crippen molar-refractivity contribution in [3.8, 4) is 17.2 Å². The average Bonchev–Trinajstić information content (AvgIpc) is 3.34. The van der Waals surface area contributed by atoms with Crippen molar-refractivity contribution in [3.63, 3.8) is 0 Å². The molecule has 34 heavy (non-hydrogen) atoms. The maximum absolute atomic E-state index is 13.3. The van der Waals surface area contributed by atoms with Crippen molar-refractivity contribution < 1.29 is 13.7 Å². The van der Waals surface area contributed by atoms with Crippen molar-refractivity contribution in [1.82, 2.24) is 29.4 Å². The maximum atomic E-state index is 13.3. The molecule has 172 valence electrons. The molecule has 2 aromatic carbocycles. The number of halogens is 1. The molecular weight excluding hydrogens is 443 g/mol. The molecule has 0 radical (unpaired) electrons. The van der Waals surface area contributed by atoms with E-state index in [2.05, 4.69) is 15.2 Å². The van der Waals surface area contributed by atoms with Crippen LogP contribution in [0.5, 0.6) is 0 Å². The first-order valence-corrected chi connectivity index (χ1v) is 10.7. The van der Waals surface area contributed by atoms with Gasteiger partial charge in [-0.2, -0.15) is 14.8 Å². The normalized spacial score (nSPS) is 13.1. The number of hydrogen-bond acceptors (Lipinski definition) is 7. The summed E-state index contributed by atoms with van der Waals surface area (Å²) in [5.41, 5.74) is 0.789. The Hall–Kier alpha value is -4.41. The third kappa shape index (κ3) is 3.70. The number of fused-ring (bicyclic) bond motifs is 1. The standard InChI is InChI=1S/C23H19FN6O4/c1-2-29-21(31)18(26-30(23(29)33)17-9-7-16(24)8-10-17)19-25-20(34-27-19)22(32)28-12-11-14-5-3-4-6-15(14)13-28/h3-10H,2,11-13H2,1H3. The number of carbonyl (C=O) groups is 1. The van der Waals surface area contributed by atoms with Gasteiger partial charge >= 0.3 is 17.5 Å². The van der Waals surface area contributed by atoms with Crippen molar-refractivity contribution in [2.45, 2.75) is 26.4 Å². The lowest BCUT2D eigenvalue weighted by molar-refractivity contribution is 0.0684. The fourth-order valence-electron chi connectivity index (χ4n) is 3.90. The summed E-state index contributed by atoms with van der Waals surface area (Å²) < 4.78 is 20.4. The van der Waals surface area contributed by atoms with E-state index >= 15 is 0 Å². The van der Waals surface area contributed by atoms with E-state index in [-0.39, 0.29) is 29.6 Å². The third-order valence-electron chi connectivity index (χ3n) is 5.69. The Morgan fingerprint density at radius 2 is 1.82 bits per heavy atom. The number of aromatic nitrogens is 5. The maximum Gasteiger partial charge on any atom is 0.352 e. The summed E-state index contributed by atoms with van der Waals surface area (Å²) in [6, 6.07) is 12.9. The van der Waals surface area contributed by atoms with Crippen LogP contribution in [0.15, 0.2) is 62.6 Å². The van der Waals surface area contributed by atoms with Crippen molar-refractivity contribution in [1.29, 1.82) is 0 Å². The van der Waals surface area contributed by atoms with Crippen LogP contribution in [0.25, 0.3) is 17.2 Å². The molecule has 2 aromatic heterocycles. The Kier molecular flexibility index (Phi) is 5.36. The van der Waals surface area contributed by atoms with Crippen LogP contribution >= 0.6 is 0 Å². The van der Waals surface area contributed by atoms with E-state index in [4.69, 9.17) is 4.52 Å². The van der Waals surface area contributed by atoms with Crippen molar-refractivity contribution in [2.75, 3.05) is 6.54 Å². The summed E-state index contributed by atoms with van der Waals surface area (Å²) in [6.45, 7) is 2.58. The fraction of sp³-hybridized carbons (Fsp3) is 0.217. The first-order chi connectivity index (χ1) is 16.5. The highest BCUT2D eigenvalue weighted by Gasteiger charge is 2.28. The molecule has 1 aliphatic heterocycles. The molecule has 1 aliphatic rings. The Bertz CT molecular complexity index is 1510. The quantitative estimate of drug-likeness (QED) is 0.454. The van der Waals surface area contributed by atoms with E-state index < -0.39 is 23.0 Å². The highest BCUT2D eigenvalue weighted by Crippen LogP contribution is 2.20. The molecule has 4 aromatic rings. The molecule has 0 N–H and O–H groups in total. The van der Waals surface area contributed by atoms with Gasteiger partial charge in [-0.15, -0.1) is 0 Å². The molecule has 10 nitrogen and oxygen atoms in total. The van der Waals surface area contributed by atoms with Crippen LogP contribution in [-0.2, 0) is 19.5 Å². The number of benzene rings is 2. The first kappa shape index (κ1) is 21.4. The molecule has 0 saturated heterocycles. The van der Waals surface area contributed by atoms with Gasteiger partial charge in [0.2, 0.25) is 5.82 Å². The molecule has 0 saturated carbocycles. The van der Waals surface area contributed by atoms with Crippen LogP contribution in [0.3, 0.4) is 0 Å². The number of amides is 1. The molecule has 1 amide bonds. The summed E-state index contributed by atoms with van der Waals surface area (Å²) in [7, 11) is 0. The lowest BCUT2D eigenvalue weighted by Crippen LogP contribution is -2.41. The minimum absolute atomic E-state index is 0.0607. The second kappa shape index (κ2) is 8.50. The zero-order chi connectivity index (χ0) is 23.8. The van der Waals surface area contributed by atoms with E-state index in [0.29, 0.717) is 19.5 Å². The van der Waals surface area contributed by atoms with Crippen LogP contribution in [0.2, 0.25) is 0 Å². The number of carbonyl (C=O) groups excluding carboxylic acids is 1. The van der Waals surface area contributed by atoms with Crippen LogP contribution in [0, 0.1) is 5.82 Å². The molecule has 11 heteroatoms. The van der Waals surface area contributed by atoms with Gasteiger partial charge in [0.05, 0.1) is 5.69 Å². The predicted molar refractivity (Wildman–Crippen MR) is 118 cm³/mol. The van der Waals surface area contributed by atoms with Crippen LogP contribution in [0.4, 0.5) is 4.39 Å². The van der Waals surface area contributed by atoms with Gasteiger partial charge in [0.1, 0.15) is 5.82 Å². The van der Waals surface area contributed by atoms with Crippen LogP contribution in [-0.4, -0.2) is 41.8 Å². The number of rotatable bonds is 4. The van der Waals surface area contributed by atoms with Gasteiger partial charge in [-0.25, -0.2) is 9.18 Å². The topological polar surface area (TPSA) is 116 Å². The first-order valence-electron chi connectivity index (χ1n) is 10.7. The van der Waals surface area contributed by atoms with Crippen molar-refractivity contribution >= 4 is 5.91 Å². The monoisotopic (exact) mass is 462 g/mol. The zero-order valence-electron chi connectivity index (χ0n) is 18.1. The molecule has 3 heterocycles. The van der Waals surface area contributed by atoms with Gasteiger partial charge in [-0.05, 0) is 48.7 Å². The third-order valence-corrected chi connectivity index (χ3v) is 5.69. The summed E-state index contributed by atoms with van der Waals surface area (Å²) in [5.74, 6) is -1.44. The highest BCUT2D eigenvalue weighted by molar-refractivity contribution is 5.90. The summed E-state index contributed by atoms with van der Waals surface area (Å²) in [4.78, 5) is 44.3. The van der Waals surface area contributed by atoms with E-state index in [0.717, 1.165) is 14.8 Å². The minimum Gasteiger partial charge on any atom is -0.330 e. The van der Waals surface area contributed by atoms with Crippen molar-refractivity contribution in [2.24, 2.45) is 0 Å². The molecule has 0 fully saturated rings. The van der Waals surface area contributed by atoms with E-state index in [1.54, 1.807) is 11.8 Å². The molecule has 0 bridgehead atoms. The van der Waals surface area contributed by atoms with Gasteiger partial charge in [-0.1, -0.05) is 29.4 Å². The van der Waals surface area contributed by atoms with Crippen LogP contribution in [0.1, 0.15) is 28.7 Å². The minimum atomic E-state index is -0.724. The molecular formula is C23H19FN6O4. The Labute approximate surface area is 191 Å². The summed E-state index contributed by atoms with van der Waals surface area (Å²) in [6.07, 6.45) is 0.703. The van der Waals surface area contributed by atoms with Crippen molar-refractivity contribution in [3.05, 3.63) is 92.2 Å². The fourth-order valence-corrected chi connectivity index (χ4v) is 3.90. The van der Waals surface area contributed by atoms with Gasteiger partial charge < -0.3 is 9.42 Å². The summed E-state index contributed by atoms with van der Waals surface area (Å²) >= 11 is 0. The van der Waals surface area contributed by atoms with Gasteiger partial charge in [0.25, 0.3) is 5.56 Å². The highest BCUT2D eigenvalue weighted by atomic mass is 19.1. The Morgan fingerprint density at radius 3 is 2.56 bits per heavy atom. The molecule has 0 unspecified atom stereocenters. The number of hydrogen-bond donors (Lipinski definition) is 0. The molecule has 0 spiro atoms. The lowest BCUT2D eigenvalue weighted by atomic mass is 10.00. The second-order valence-corrected chi connectivity index (χ2v) is 7.74. The smallest absolute Gasteiger partial charge is 0.330 e. The number of nitrogens with zero attached hydrogens (tertiary/aromatic N) is 6. The Balaban J connectivity index is 1.51. The molecule has 5 rings (SSSR count). The SMILES string of the molecule is CCn1c(=O)c(-c2noc(C(=O)N3CCc4ccccc4C3)n2)nn(-c2ccc(F)cc2)c1=O. The predicted octanol–water partition coefficient (Wildman–Crippen LogP) is 1.80. The van der Waals surface area contributed by atoms with Gasteiger partial charge in [-0.3, -0.25) is 14.2 Å². The Morgan fingerprint density at radius 1 is 1.09 bits per heavy atom. The van der Waals surface area contributed by atoms with Gasteiger partial charge in [0.15, 0.2) is 5.69 Å². The largest absolute Gasteiger partial charge is 0.352 e. The lowest BCUT2D eigenvalue weighted by Gasteiger charge is -2.27. The second-order valence-electron chi connectivity index (χ2n) is 7.74. The van der Waals surface area contributed by atoms with E-state index in [1.165, 1.54) is 29.8 Å². The average molecular weight is 462 g/mol. The van der Waals surface area contributed by atoms with E-state index in [1.807, 2.05) is 24.3 Å². The van der Waals surface area contributed by atoms with Gasteiger partial charge in [0, 0.05) is 19.6 Å². The van der Waals surface area contributed by atoms with E-state index in [9.17, 15) is 18.8 Å².